The Kier molecular flexibility index (Phi) is 5.43. The first-order chi connectivity index (χ1) is 12.1. The van der Waals surface area contributed by atoms with Gasteiger partial charge in [-0.25, -0.2) is 4.79 Å². The maximum Gasteiger partial charge on any atom is 0.315 e. The van der Waals surface area contributed by atoms with E-state index >= 15 is 0 Å². The van der Waals surface area contributed by atoms with Crippen LogP contribution < -0.4 is 20.1 Å². The average molecular weight is 340 g/mol. The van der Waals surface area contributed by atoms with E-state index < -0.39 is 0 Å². The van der Waals surface area contributed by atoms with Gasteiger partial charge < -0.3 is 20.1 Å². The lowest BCUT2D eigenvalue weighted by molar-refractivity contribution is 0.171. The highest BCUT2D eigenvalue weighted by atomic mass is 16.6. The van der Waals surface area contributed by atoms with E-state index in [2.05, 4.69) is 24.5 Å². The zero-order valence-electron chi connectivity index (χ0n) is 14.6. The lowest BCUT2D eigenvalue weighted by atomic mass is 9.95. The van der Waals surface area contributed by atoms with E-state index in [9.17, 15) is 4.79 Å². The molecule has 0 spiro atoms. The Bertz CT molecular complexity index is 716. The first-order valence-electron chi connectivity index (χ1n) is 8.61. The molecule has 25 heavy (non-hydrogen) atoms. The first kappa shape index (κ1) is 17.1. The van der Waals surface area contributed by atoms with E-state index in [1.807, 2.05) is 48.5 Å². The molecule has 2 aromatic rings. The van der Waals surface area contributed by atoms with Gasteiger partial charge in [0.25, 0.3) is 0 Å². The lowest BCUT2D eigenvalue weighted by Crippen LogP contribution is -2.39. The van der Waals surface area contributed by atoms with Crippen LogP contribution in [0.5, 0.6) is 11.5 Å². The molecule has 2 amide bonds. The molecule has 132 valence electrons. The van der Waals surface area contributed by atoms with Gasteiger partial charge in [-0.05, 0) is 29.2 Å². The van der Waals surface area contributed by atoms with Crippen molar-refractivity contribution in [3.63, 3.8) is 0 Å². The van der Waals surface area contributed by atoms with Gasteiger partial charge >= 0.3 is 6.03 Å². The van der Waals surface area contributed by atoms with Crippen LogP contribution in [0, 0.1) is 5.92 Å². The lowest BCUT2D eigenvalue weighted by Gasteiger charge is -2.25. The number of rotatable bonds is 5. The van der Waals surface area contributed by atoms with Crippen molar-refractivity contribution in [1.82, 2.24) is 10.6 Å². The molecule has 0 aromatic heterocycles. The third-order valence-corrected chi connectivity index (χ3v) is 4.17. The van der Waals surface area contributed by atoms with E-state index in [0.29, 0.717) is 19.8 Å². The summed E-state index contributed by atoms with van der Waals surface area (Å²) in [6, 6.07) is 15.4. The highest BCUT2D eigenvalue weighted by molar-refractivity contribution is 5.74. The summed E-state index contributed by atoms with van der Waals surface area (Å²) in [5.41, 5.74) is 2.08. The molecule has 3 rings (SSSR count). The zero-order valence-corrected chi connectivity index (χ0v) is 14.6. The van der Waals surface area contributed by atoms with Crippen LogP contribution in [0.4, 0.5) is 4.79 Å². The van der Waals surface area contributed by atoms with Gasteiger partial charge in [0, 0.05) is 6.54 Å². The number of amides is 2. The second-order valence-corrected chi connectivity index (χ2v) is 6.44. The van der Waals surface area contributed by atoms with Gasteiger partial charge in [0.2, 0.25) is 0 Å². The van der Waals surface area contributed by atoms with Crippen LogP contribution in [0.1, 0.15) is 31.0 Å². The second-order valence-electron chi connectivity index (χ2n) is 6.44. The fourth-order valence-electron chi connectivity index (χ4n) is 2.86. The minimum atomic E-state index is -0.183. The van der Waals surface area contributed by atoms with Gasteiger partial charge in [0.1, 0.15) is 13.2 Å². The molecular formula is C20H24N2O3. The van der Waals surface area contributed by atoms with Crippen molar-refractivity contribution >= 4 is 6.03 Å². The van der Waals surface area contributed by atoms with Crippen molar-refractivity contribution < 1.29 is 14.3 Å². The summed E-state index contributed by atoms with van der Waals surface area (Å²) in [5, 5.41) is 5.97. The Morgan fingerprint density at radius 3 is 2.48 bits per heavy atom. The van der Waals surface area contributed by atoms with Crippen molar-refractivity contribution in [2.45, 2.75) is 26.4 Å². The highest BCUT2D eigenvalue weighted by Crippen LogP contribution is 2.34. The Morgan fingerprint density at radius 2 is 1.76 bits per heavy atom. The van der Waals surface area contributed by atoms with Crippen molar-refractivity contribution in [3.8, 4) is 11.5 Å². The summed E-state index contributed by atoms with van der Waals surface area (Å²) in [6.07, 6.45) is 0. The number of hydrogen-bond acceptors (Lipinski definition) is 3. The number of carbonyl (C=O) groups excluding carboxylic acids is 1. The third-order valence-electron chi connectivity index (χ3n) is 4.17. The van der Waals surface area contributed by atoms with E-state index in [1.165, 1.54) is 0 Å². The van der Waals surface area contributed by atoms with E-state index in [0.717, 1.165) is 22.6 Å². The molecule has 0 radical (unpaired) electrons. The van der Waals surface area contributed by atoms with Crippen molar-refractivity contribution in [3.05, 3.63) is 59.7 Å². The molecule has 0 saturated heterocycles. The molecule has 2 N–H and O–H groups in total. The Morgan fingerprint density at radius 1 is 1.04 bits per heavy atom. The molecule has 5 nitrogen and oxygen atoms in total. The number of nitrogens with one attached hydrogen (secondary N) is 2. The Balaban J connectivity index is 1.65. The molecule has 1 aliphatic heterocycles. The van der Waals surface area contributed by atoms with Crippen molar-refractivity contribution in [2.75, 3.05) is 13.2 Å². The Labute approximate surface area is 148 Å². The largest absolute Gasteiger partial charge is 0.486 e. The van der Waals surface area contributed by atoms with Crippen LogP contribution >= 0.6 is 0 Å². The summed E-state index contributed by atoms with van der Waals surface area (Å²) in [7, 11) is 0. The van der Waals surface area contributed by atoms with E-state index in [-0.39, 0.29) is 18.0 Å². The van der Waals surface area contributed by atoms with Gasteiger partial charge in [0.05, 0.1) is 6.04 Å². The summed E-state index contributed by atoms with van der Waals surface area (Å²) in [6.45, 7) is 5.78. The van der Waals surface area contributed by atoms with Crippen LogP contribution in [0.15, 0.2) is 48.5 Å². The average Bonchev–Trinajstić information content (AvgIpc) is 2.64. The number of hydrogen-bond donors (Lipinski definition) is 2. The molecule has 0 saturated carbocycles. The quantitative estimate of drug-likeness (QED) is 0.873. The van der Waals surface area contributed by atoms with Crippen molar-refractivity contribution in [2.24, 2.45) is 5.92 Å². The molecule has 0 bridgehead atoms. The van der Waals surface area contributed by atoms with Gasteiger partial charge in [-0.15, -0.1) is 0 Å². The molecular weight excluding hydrogens is 316 g/mol. The van der Waals surface area contributed by atoms with Crippen LogP contribution in [-0.4, -0.2) is 19.2 Å². The number of carbonyl (C=O) groups is 1. The summed E-state index contributed by atoms with van der Waals surface area (Å²) in [5.74, 6) is 1.73. The number of ether oxygens (including phenoxy) is 2. The van der Waals surface area contributed by atoms with Gasteiger partial charge in [0.15, 0.2) is 11.5 Å². The smallest absolute Gasteiger partial charge is 0.315 e. The van der Waals surface area contributed by atoms with Crippen LogP contribution in [-0.2, 0) is 6.54 Å². The molecule has 1 heterocycles. The van der Waals surface area contributed by atoms with Gasteiger partial charge in [-0.2, -0.15) is 0 Å². The highest BCUT2D eigenvalue weighted by Gasteiger charge is 2.21. The first-order valence-corrected chi connectivity index (χ1v) is 8.61. The minimum absolute atomic E-state index is 0.105. The number of urea groups is 1. The minimum Gasteiger partial charge on any atom is -0.486 e. The number of benzene rings is 2. The van der Waals surface area contributed by atoms with Crippen molar-refractivity contribution in [1.29, 1.82) is 0 Å². The van der Waals surface area contributed by atoms with Gasteiger partial charge in [-0.1, -0.05) is 50.2 Å². The van der Waals surface area contributed by atoms with Crippen LogP contribution in [0.2, 0.25) is 0 Å². The van der Waals surface area contributed by atoms with E-state index in [4.69, 9.17) is 9.47 Å². The maximum absolute atomic E-state index is 12.3. The normalized spacial score (nSPS) is 14.0. The molecule has 1 aliphatic rings. The second kappa shape index (κ2) is 7.92. The predicted octanol–water partition coefficient (Wildman–Crippen LogP) is 3.65. The standard InChI is InChI=1S/C20H24N2O3/c1-14(2)19(16-8-9-17-18(12-16)25-11-10-24-17)22-20(23)21-13-15-6-4-3-5-7-15/h3-9,12,14,19H,10-11,13H2,1-2H3,(H2,21,22,23)/t19-/m0/s1. The molecule has 2 aromatic carbocycles. The summed E-state index contributed by atoms with van der Waals surface area (Å²) < 4.78 is 11.2. The SMILES string of the molecule is CC(C)[C@H](NC(=O)NCc1ccccc1)c1ccc2c(c1)OCCO2. The van der Waals surface area contributed by atoms with Crippen LogP contribution in [0.25, 0.3) is 0 Å². The van der Waals surface area contributed by atoms with Gasteiger partial charge in [-0.3, -0.25) is 0 Å². The fraction of sp³-hybridized carbons (Fsp3) is 0.350. The molecule has 1 atom stereocenters. The molecule has 0 aliphatic carbocycles. The molecule has 0 fully saturated rings. The predicted molar refractivity (Wildman–Crippen MR) is 96.8 cm³/mol. The summed E-state index contributed by atoms with van der Waals surface area (Å²) >= 11 is 0. The third kappa shape index (κ3) is 4.44. The van der Waals surface area contributed by atoms with Crippen LogP contribution in [0.3, 0.4) is 0 Å². The zero-order chi connectivity index (χ0) is 17.6. The fourth-order valence-corrected chi connectivity index (χ4v) is 2.86. The topological polar surface area (TPSA) is 59.6 Å². The molecule has 0 unspecified atom stereocenters. The number of fused-ring (bicyclic) bond motifs is 1. The maximum atomic E-state index is 12.3. The summed E-state index contributed by atoms with van der Waals surface area (Å²) in [4.78, 5) is 12.3. The monoisotopic (exact) mass is 340 g/mol. The Hall–Kier alpha value is -2.69. The molecule has 5 heteroatoms. The van der Waals surface area contributed by atoms with E-state index in [1.54, 1.807) is 0 Å².